The van der Waals surface area contributed by atoms with Gasteiger partial charge in [-0.25, -0.2) is 0 Å². The Morgan fingerprint density at radius 3 is 2.56 bits per heavy atom. The number of benzene rings is 2. The molecule has 0 amide bonds. The molecule has 5 heteroatoms. The highest BCUT2D eigenvalue weighted by atomic mass is 16.5. The van der Waals surface area contributed by atoms with Crippen molar-refractivity contribution < 1.29 is 19.1 Å². The van der Waals surface area contributed by atoms with Gasteiger partial charge in [0.2, 0.25) is 5.78 Å². The molecule has 25 heavy (non-hydrogen) atoms. The van der Waals surface area contributed by atoms with Crippen LogP contribution in [0.3, 0.4) is 0 Å². The highest BCUT2D eigenvalue weighted by Crippen LogP contribution is 2.30. The molecule has 0 saturated heterocycles. The molecule has 128 valence electrons. The second-order valence-corrected chi connectivity index (χ2v) is 5.79. The van der Waals surface area contributed by atoms with Gasteiger partial charge in [-0.3, -0.25) is 9.59 Å². The summed E-state index contributed by atoms with van der Waals surface area (Å²) in [5, 5.41) is 0.863. The molecular formula is C20H19NO4. The number of carbonyl (C=O) groups is 2. The summed E-state index contributed by atoms with van der Waals surface area (Å²) in [6.45, 7) is 3.18. The summed E-state index contributed by atoms with van der Waals surface area (Å²) in [5.41, 5.74) is 2.02. The minimum absolute atomic E-state index is 0.0623. The van der Waals surface area contributed by atoms with Crippen molar-refractivity contribution in [1.82, 2.24) is 4.98 Å². The number of nitrogens with one attached hydrogen (secondary N) is 1. The van der Waals surface area contributed by atoms with E-state index in [0.717, 1.165) is 10.9 Å². The third-order valence-corrected chi connectivity index (χ3v) is 4.10. The molecule has 2 aromatic carbocycles. The predicted octanol–water partition coefficient (Wildman–Crippen LogP) is 4.03. The number of carbonyl (C=O) groups excluding carboxylic acids is 2. The Hall–Kier alpha value is -3.08. The molecular weight excluding hydrogens is 318 g/mol. The van der Waals surface area contributed by atoms with Crippen LogP contribution in [0.2, 0.25) is 0 Å². The number of H-pyrrole nitrogens is 1. The predicted molar refractivity (Wildman–Crippen MR) is 95.7 cm³/mol. The van der Waals surface area contributed by atoms with Gasteiger partial charge in [-0.2, -0.15) is 0 Å². The van der Waals surface area contributed by atoms with Gasteiger partial charge in [0.05, 0.1) is 7.11 Å². The largest absolute Gasteiger partial charge is 0.493 e. The Labute approximate surface area is 145 Å². The van der Waals surface area contributed by atoms with Crippen molar-refractivity contribution in [1.29, 1.82) is 0 Å². The number of Topliss-reactive ketones (excluding diaryl/α,β-unsaturated/α-hetero) is 2. The fourth-order valence-electron chi connectivity index (χ4n) is 2.72. The zero-order valence-electron chi connectivity index (χ0n) is 14.3. The van der Waals surface area contributed by atoms with Gasteiger partial charge in [0.15, 0.2) is 23.4 Å². The number of rotatable bonds is 6. The van der Waals surface area contributed by atoms with Gasteiger partial charge in [0.25, 0.3) is 0 Å². The molecule has 1 atom stereocenters. The molecule has 1 heterocycles. The maximum atomic E-state index is 12.8. The van der Waals surface area contributed by atoms with Gasteiger partial charge in [0, 0.05) is 28.2 Å². The first kappa shape index (κ1) is 16.8. The van der Waals surface area contributed by atoms with Crippen LogP contribution < -0.4 is 9.47 Å². The maximum Gasteiger partial charge on any atom is 0.205 e. The van der Waals surface area contributed by atoms with Crippen molar-refractivity contribution in [2.24, 2.45) is 0 Å². The topological polar surface area (TPSA) is 68.4 Å². The Bertz CT molecular complexity index is 942. The number of aromatic nitrogens is 1. The third kappa shape index (κ3) is 3.26. The lowest BCUT2D eigenvalue weighted by Gasteiger charge is -2.16. The second kappa shape index (κ2) is 6.81. The Kier molecular flexibility index (Phi) is 4.57. The third-order valence-electron chi connectivity index (χ3n) is 4.10. The summed E-state index contributed by atoms with van der Waals surface area (Å²) in [4.78, 5) is 27.3. The summed E-state index contributed by atoms with van der Waals surface area (Å²) < 4.78 is 11.1. The first-order chi connectivity index (χ1) is 12.0. The number of para-hydroxylation sites is 1. The SMILES string of the molecule is COc1cc(C(C)=O)ccc1O[C@H](C)C(=O)c1c[nH]c2ccccc12. The van der Waals surface area contributed by atoms with Crippen LogP contribution in [-0.4, -0.2) is 29.8 Å². The summed E-state index contributed by atoms with van der Waals surface area (Å²) >= 11 is 0. The standard InChI is InChI=1S/C20H19NO4/c1-12(22)14-8-9-18(19(10-14)24-3)25-13(2)20(23)16-11-21-17-7-5-4-6-15(16)17/h4-11,13,21H,1-3H3/t13-/m1/s1. The second-order valence-electron chi connectivity index (χ2n) is 5.79. The Balaban J connectivity index is 1.85. The van der Waals surface area contributed by atoms with Crippen molar-refractivity contribution in [2.75, 3.05) is 7.11 Å². The quantitative estimate of drug-likeness (QED) is 0.690. The fraction of sp³-hybridized carbons (Fsp3) is 0.200. The Morgan fingerprint density at radius 1 is 1.08 bits per heavy atom. The lowest BCUT2D eigenvalue weighted by Crippen LogP contribution is -2.24. The van der Waals surface area contributed by atoms with E-state index in [1.165, 1.54) is 14.0 Å². The number of aromatic amines is 1. The number of ketones is 2. The Morgan fingerprint density at radius 2 is 1.84 bits per heavy atom. The van der Waals surface area contributed by atoms with E-state index < -0.39 is 6.10 Å². The molecule has 0 radical (unpaired) electrons. The van der Waals surface area contributed by atoms with Gasteiger partial charge in [0.1, 0.15) is 0 Å². The van der Waals surface area contributed by atoms with Gasteiger partial charge < -0.3 is 14.5 Å². The van der Waals surface area contributed by atoms with E-state index in [0.29, 0.717) is 22.6 Å². The molecule has 0 fully saturated rings. The molecule has 0 aliphatic heterocycles. The number of fused-ring (bicyclic) bond motifs is 1. The monoisotopic (exact) mass is 337 g/mol. The normalized spacial score (nSPS) is 12.0. The molecule has 1 aromatic heterocycles. The first-order valence-electron chi connectivity index (χ1n) is 7.97. The molecule has 5 nitrogen and oxygen atoms in total. The van der Waals surface area contributed by atoms with Gasteiger partial charge in [-0.15, -0.1) is 0 Å². The summed E-state index contributed by atoms with van der Waals surface area (Å²) in [6, 6.07) is 12.5. The average Bonchev–Trinajstić information content (AvgIpc) is 3.05. The first-order valence-corrected chi connectivity index (χ1v) is 7.97. The average molecular weight is 337 g/mol. The maximum absolute atomic E-state index is 12.8. The molecule has 0 aliphatic rings. The number of methoxy groups -OCH3 is 1. The van der Waals surface area contributed by atoms with Crippen LogP contribution >= 0.6 is 0 Å². The van der Waals surface area contributed by atoms with E-state index in [1.54, 1.807) is 31.3 Å². The van der Waals surface area contributed by atoms with E-state index >= 15 is 0 Å². The fourth-order valence-corrected chi connectivity index (χ4v) is 2.72. The van der Waals surface area contributed by atoms with Crippen LogP contribution in [0.5, 0.6) is 11.5 Å². The summed E-state index contributed by atoms with van der Waals surface area (Å²) in [6.07, 6.45) is 0.999. The van der Waals surface area contributed by atoms with E-state index in [-0.39, 0.29) is 11.6 Å². The number of hydrogen-bond acceptors (Lipinski definition) is 4. The lowest BCUT2D eigenvalue weighted by molar-refractivity contribution is 0.0815. The van der Waals surface area contributed by atoms with Crippen LogP contribution in [0.1, 0.15) is 34.6 Å². The molecule has 0 aliphatic carbocycles. The van der Waals surface area contributed by atoms with E-state index in [2.05, 4.69) is 4.98 Å². The zero-order chi connectivity index (χ0) is 18.0. The van der Waals surface area contributed by atoms with E-state index in [4.69, 9.17) is 9.47 Å². The smallest absolute Gasteiger partial charge is 0.205 e. The van der Waals surface area contributed by atoms with Crippen LogP contribution in [0, 0.1) is 0 Å². The highest BCUT2D eigenvalue weighted by molar-refractivity contribution is 6.09. The molecule has 3 aromatic rings. The minimum Gasteiger partial charge on any atom is -0.493 e. The van der Waals surface area contributed by atoms with Crippen molar-refractivity contribution in [3.05, 3.63) is 59.8 Å². The highest BCUT2D eigenvalue weighted by Gasteiger charge is 2.21. The van der Waals surface area contributed by atoms with E-state index in [1.807, 2.05) is 24.3 Å². The zero-order valence-corrected chi connectivity index (χ0v) is 14.3. The van der Waals surface area contributed by atoms with E-state index in [9.17, 15) is 9.59 Å². The lowest BCUT2D eigenvalue weighted by atomic mass is 10.1. The molecule has 0 saturated carbocycles. The van der Waals surface area contributed by atoms with Crippen LogP contribution in [-0.2, 0) is 0 Å². The number of ether oxygens (including phenoxy) is 2. The van der Waals surface area contributed by atoms with Gasteiger partial charge in [-0.1, -0.05) is 18.2 Å². The van der Waals surface area contributed by atoms with Crippen molar-refractivity contribution in [2.45, 2.75) is 20.0 Å². The minimum atomic E-state index is -0.698. The van der Waals surface area contributed by atoms with Crippen LogP contribution in [0.4, 0.5) is 0 Å². The number of hydrogen-bond donors (Lipinski definition) is 1. The van der Waals surface area contributed by atoms with Crippen molar-refractivity contribution in [3.8, 4) is 11.5 Å². The molecule has 0 unspecified atom stereocenters. The summed E-state index contributed by atoms with van der Waals surface area (Å²) in [7, 11) is 1.50. The van der Waals surface area contributed by atoms with Crippen LogP contribution in [0.15, 0.2) is 48.7 Å². The van der Waals surface area contributed by atoms with Crippen molar-refractivity contribution in [3.63, 3.8) is 0 Å². The molecule has 0 bridgehead atoms. The molecule has 3 rings (SSSR count). The summed E-state index contributed by atoms with van der Waals surface area (Å²) in [5.74, 6) is 0.655. The van der Waals surface area contributed by atoms with Gasteiger partial charge in [-0.05, 0) is 38.1 Å². The van der Waals surface area contributed by atoms with Crippen LogP contribution in [0.25, 0.3) is 10.9 Å². The molecule has 1 N–H and O–H groups in total. The van der Waals surface area contributed by atoms with Gasteiger partial charge >= 0.3 is 0 Å². The van der Waals surface area contributed by atoms with Crippen molar-refractivity contribution >= 4 is 22.5 Å². The molecule has 0 spiro atoms.